The van der Waals surface area contributed by atoms with E-state index in [1.54, 1.807) is 0 Å². The summed E-state index contributed by atoms with van der Waals surface area (Å²) in [6.07, 6.45) is 4.06. The third-order valence-corrected chi connectivity index (χ3v) is 2.67. The molecule has 0 radical (unpaired) electrons. The number of benzene rings is 1. The molecule has 0 saturated carbocycles. The highest BCUT2D eigenvalue weighted by Crippen LogP contribution is 2.11. The highest BCUT2D eigenvalue weighted by molar-refractivity contribution is 6.30. The number of aromatic nitrogens is 3. The van der Waals surface area contributed by atoms with Crippen LogP contribution in [0.25, 0.3) is 0 Å². The third kappa shape index (κ3) is 3.07. The van der Waals surface area contributed by atoms with Crippen LogP contribution in [0.3, 0.4) is 0 Å². The molecule has 3 nitrogen and oxygen atoms in total. The molecule has 1 aromatic heterocycles. The van der Waals surface area contributed by atoms with Gasteiger partial charge in [0.05, 0.1) is 5.69 Å². The Morgan fingerprint density at radius 3 is 2.62 bits per heavy atom. The quantitative estimate of drug-likeness (QED) is 0.816. The zero-order chi connectivity index (χ0) is 11.4. The van der Waals surface area contributed by atoms with Gasteiger partial charge in [0.2, 0.25) is 0 Å². The summed E-state index contributed by atoms with van der Waals surface area (Å²) in [5.74, 6) is 0. The third-order valence-electron chi connectivity index (χ3n) is 2.42. The first kappa shape index (κ1) is 11.1. The van der Waals surface area contributed by atoms with Gasteiger partial charge >= 0.3 is 0 Å². The van der Waals surface area contributed by atoms with Gasteiger partial charge in [-0.25, -0.2) is 0 Å². The van der Waals surface area contributed by atoms with Gasteiger partial charge in [-0.05, 0) is 37.5 Å². The molecule has 0 bridgehead atoms. The Morgan fingerprint density at radius 2 is 2.00 bits per heavy atom. The molecule has 0 aliphatic rings. The van der Waals surface area contributed by atoms with Crippen LogP contribution in [0.2, 0.25) is 5.02 Å². The molecule has 4 heteroatoms. The van der Waals surface area contributed by atoms with Gasteiger partial charge in [0.25, 0.3) is 0 Å². The van der Waals surface area contributed by atoms with Crippen molar-refractivity contribution in [3.8, 4) is 0 Å². The molecule has 0 fully saturated rings. The van der Waals surface area contributed by atoms with Crippen molar-refractivity contribution >= 4 is 11.6 Å². The lowest BCUT2D eigenvalue weighted by molar-refractivity contribution is 0.558. The van der Waals surface area contributed by atoms with Gasteiger partial charge in [0.15, 0.2) is 0 Å². The van der Waals surface area contributed by atoms with Crippen LogP contribution in [-0.2, 0) is 13.0 Å². The van der Waals surface area contributed by atoms with Crippen molar-refractivity contribution < 1.29 is 0 Å². The van der Waals surface area contributed by atoms with E-state index < -0.39 is 0 Å². The summed E-state index contributed by atoms with van der Waals surface area (Å²) in [5.41, 5.74) is 2.27. The summed E-state index contributed by atoms with van der Waals surface area (Å²) in [6.45, 7) is 2.85. The van der Waals surface area contributed by atoms with Gasteiger partial charge in [-0.3, -0.25) is 4.68 Å². The first-order valence-corrected chi connectivity index (χ1v) is 5.73. The zero-order valence-electron chi connectivity index (χ0n) is 9.23. The lowest BCUT2D eigenvalue weighted by atomic mass is 10.1. The second kappa shape index (κ2) is 5.12. The Kier molecular flexibility index (Phi) is 3.57. The van der Waals surface area contributed by atoms with Crippen LogP contribution in [-0.4, -0.2) is 15.0 Å². The fourth-order valence-corrected chi connectivity index (χ4v) is 1.73. The first-order chi connectivity index (χ1) is 7.74. The minimum Gasteiger partial charge on any atom is -0.252 e. The standard InChI is InChI=1S/C12H14ClN3/c1-10-9-16(15-14-10)8-2-3-11-4-6-12(13)7-5-11/h4-7,9H,2-3,8H2,1H3. The van der Waals surface area contributed by atoms with E-state index >= 15 is 0 Å². The van der Waals surface area contributed by atoms with Crippen molar-refractivity contribution in [2.75, 3.05) is 0 Å². The lowest BCUT2D eigenvalue weighted by Crippen LogP contribution is -2.00. The van der Waals surface area contributed by atoms with Gasteiger partial charge < -0.3 is 0 Å². The molecule has 2 aromatic rings. The Labute approximate surface area is 100 Å². The Bertz CT molecular complexity index is 448. The molecule has 0 N–H and O–H groups in total. The molecule has 2 rings (SSSR count). The van der Waals surface area contributed by atoms with Crippen LogP contribution in [0, 0.1) is 6.92 Å². The van der Waals surface area contributed by atoms with Gasteiger partial charge in [-0.15, -0.1) is 5.10 Å². The second-order valence-electron chi connectivity index (χ2n) is 3.85. The number of hydrogen-bond acceptors (Lipinski definition) is 2. The summed E-state index contributed by atoms with van der Waals surface area (Å²) in [4.78, 5) is 0. The van der Waals surface area contributed by atoms with E-state index in [9.17, 15) is 0 Å². The van der Waals surface area contributed by atoms with Crippen molar-refractivity contribution in [3.63, 3.8) is 0 Å². The molecule has 0 atom stereocenters. The summed E-state index contributed by atoms with van der Waals surface area (Å²) < 4.78 is 1.88. The van der Waals surface area contributed by atoms with E-state index in [0.717, 1.165) is 30.1 Å². The van der Waals surface area contributed by atoms with E-state index in [0.29, 0.717) is 0 Å². The van der Waals surface area contributed by atoms with Crippen LogP contribution < -0.4 is 0 Å². The summed E-state index contributed by atoms with van der Waals surface area (Å²) in [7, 11) is 0. The number of nitrogens with zero attached hydrogens (tertiary/aromatic N) is 3. The zero-order valence-corrected chi connectivity index (χ0v) is 9.98. The molecule has 0 saturated heterocycles. The van der Waals surface area contributed by atoms with E-state index in [1.165, 1.54) is 5.56 Å². The molecule has 0 amide bonds. The van der Waals surface area contributed by atoms with Gasteiger partial charge in [-0.2, -0.15) is 0 Å². The van der Waals surface area contributed by atoms with E-state index in [1.807, 2.05) is 29.9 Å². The highest BCUT2D eigenvalue weighted by Gasteiger charge is 1.97. The van der Waals surface area contributed by atoms with Crippen LogP contribution in [0.4, 0.5) is 0 Å². The lowest BCUT2D eigenvalue weighted by Gasteiger charge is -2.01. The fourth-order valence-electron chi connectivity index (χ4n) is 1.60. The summed E-state index contributed by atoms with van der Waals surface area (Å²) in [5, 5.41) is 8.74. The van der Waals surface area contributed by atoms with Gasteiger partial charge in [0.1, 0.15) is 0 Å². The summed E-state index contributed by atoms with van der Waals surface area (Å²) in [6, 6.07) is 7.98. The minimum atomic E-state index is 0.788. The topological polar surface area (TPSA) is 30.7 Å². The Morgan fingerprint density at radius 1 is 1.25 bits per heavy atom. The molecule has 0 aliphatic heterocycles. The van der Waals surface area contributed by atoms with Crippen molar-refractivity contribution in [1.29, 1.82) is 0 Å². The number of hydrogen-bond donors (Lipinski definition) is 0. The van der Waals surface area contributed by atoms with Gasteiger partial charge in [-0.1, -0.05) is 28.9 Å². The highest BCUT2D eigenvalue weighted by atomic mass is 35.5. The molecule has 1 heterocycles. The number of halogens is 1. The molecule has 16 heavy (non-hydrogen) atoms. The largest absolute Gasteiger partial charge is 0.252 e. The smallest absolute Gasteiger partial charge is 0.0796 e. The molecule has 1 aromatic carbocycles. The van der Waals surface area contributed by atoms with Crippen LogP contribution >= 0.6 is 11.6 Å². The summed E-state index contributed by atoms with van der Waals surface area (Å²) >= 11 is 5.82. The molecule has 0 aliphatic carbocycles. The maximum absolute atomic E-state index is 5.82. The van der Waals surface area contributed by atoms with Crippen LogP contribution in [0.5, 0.6) is 0 Å². The van der Waals surface area contributed by atoms with Crippen LogP contribution in [0.15, 0.2) is 30.5 Å². The average Bonchev–Trinajstić information content (AvgIpc) is 2.67. The van der Waals surface area contributed by atoms with E-state index in [2.05, 4.69) is 22.4 Å². The Hall–Kier alpha value is -1.35. The monoisotopic (exact) mass is 235 g/mol. The van der Waals surface area contributed by atoms with E-state index in [-0.39, 0.29) is 0 Å². The number of rotatable bonds is 4. The van der Waals surface area contributed by atoms with Crippen molar-refractivity contribution in [2.24, 2.45) is 0 Å². The molecule has 0 unspecified atom stereocenters. The average molecular weight is 236 g/mol. The predicted molar refractivity (Wildman–Crippen MR) is 64.5 cm³/mol. The second-order valence-corrected chi connectivity index (χ2v) is 4.29. The number of aryl methyl sites for hydroxylation is 3. The minimum absolute atomic E-state index is 0.788. The molecule has 0 spiro atoms. The Balaban J connectivity index is 1.82. The van der Waals surface area contributed by atoms with Crippen molar-refractivity contribution in [3.05, 3.63) is 46.7 Å². The molecular weight excluding hydrogens is 222 g/mol. The fraction of sp³-hybridized carbons (Fsp3) is 0.333. The van der Waals surface area contributed by atoms with Crippen molar-refractivity contribution in [2.45, 2.75) is 26.3 Å². The van der Waals surface area contributed by atoms with E-state index in [4.69, 9.17) is 11.6 Å². The van der Waals surface area contributed by atoms with Crippen LogP contribution in [0.1, 0.15) is 17.7 Å². The normalized spacial score (nSPS) is 10.6. The molecule has 84 valence electrons. The van der Waals surface area contributed by atoms with Crippen molar-refractivity contribution in [1.82, 2.24) is 15.0 Å². The maximum atomic E-state index is 5.82. The maximum Gasteiger partial charge on any atom is 0.0796 e. The van der Waals surface area contributed by atoms with Gasteiger partial charge in [0, 0.05) is 17.8 Å². The molecular formula is C12H14ClN3. The SMILES string of the molecule is Cc1cn(CCCc2ccc(Cl)cc2)nn1. The first-order valence-electron chi connectivity index (χ1n) is 5.35. The predicted octanol–water partition coefficient (Wildman–Crippen LogP) is 2.87.